The van der Waals surface area contributed by atoms with E-state index in [0.29, 0.717) is 6.61 Å². The van der Waals surface area contributed by atoms with Crippen molar-refractivity contribution >= 4 is 11.7 Å². The van der Waals surface area contributed by atoms with Crippen LogP contribution in [0.4, 0.5) is 5.69 Å². The highest BCUT2D eigenvalue weighted by atomic mass is 16.5. The summed E-state index contributed by atoms with van der Waals surface area (Å²) in [5, 5.41) is 0. The Kier molecular flexibility index (Phi) is 4.46. The number of hydrogen-bond acceptors (Lipinski definition) is 3. The molecule has 1 aliphatic rings. The first-order chi connectivity index (χ1) is 9.13. The largest absolute Gasteiger partial charge is 0.466 e. The molecule has 1 heterocycles. The number of aryl methyl sites for hydroxylation is 2. The first-order valence-corrected chi connectivity index (χ1v) is 7.11. The Labute approximate surface area is 115 Å². The molecule has 1 aromatic carbocycles. The Balaban J connectivity index is 2.15. The van der Waals surface area contributed by atoms with Crippen molar-refractivity contribution in [2.45, 2.75) is 33.6 Å². The van der Waals surface area contributed by atoms with Crippen molar-refractivity contribution in [1.29, 1.82) is 0 Å². The highest BCUT2D eigenvalue weighted by Gasteiger charge is 2.28. The Morgan fingerprint density at radius 2 is 2.05 bits per heavy atom. The van der Waals surface area contributed by atoms with Crippen LogP contribution in [-0.2, 0) is 9.53 Å². The molecule has 0 radical (unpaired) electrons. The topological polar surface area (TPSA) is 29.5 Å². The first kappa shape index (κ1) is 13.9. The lowest BCUT2D eigenvalue weighted by Gasteiger charge is -2.35. The fraction of sp³-hybridized carbons (Fsp3) is 0.562. The number of anilines is 1. The average Bonchev–Trinajstić information content (AvgIpc) is 2.39. The summed E-state index contributed by atoms with van der Waals surface area (Å²) < 4.78 is 5.16. The molecule has 3 nitrogen and oxygen atoms in total. The molecule has 1 saturated heterocycles. The van der Waals surface area contributed by atoms with Crippen LogP contribution in [0.3, 0.4) is 0 Å². The summed E-state index contributed by atoms with van der Waals surface area (Å²) in [6.07, 6.45) is 2.00. The summed E-state index contributed by atoms with van der Waals surface area (Å²) in [6.45, 7) is 8.42. The van der Waals surface area contributed by atoms with E-state index in [1.165, 1.54) is 16.8 Å². The Bertz CT molecular complexity index is 436. The predicted octanol–water partition coefficient (Wildman–Crippen LogP) is 3.08. The number of hydrogen-bond donors (Lipinski definition) is 0. The molecule has 0 N–H and O–H groups in total. The minimum atomic E-state index is -0.0431. The molecular weight excluding hydrogens is 238 g/mol. The molecule has 0 aliphatic carbocycles. The fourth-order valence-corrected chi connectivity index (χ4v) is 2.94. The van der Waals surface area contributed by atoms with E-state index in [-0.39, 0.29) is 11.9 Å². The molecule has 1 aromatic rings. The van der Waals surface area contributed by atoms with Crippen LogP contribution in [0.15, 0.2) is 18.2 Å². The minimum Gasteiger partial charge on any atom is -0.466 e. The maximum Gasteiger partial charge on any atom is 0.310 e. The lowest BCUT2D eigenvalue weighted by atomic mass is 9.96. The highest BCUT2D eigenvalue weighted by Crippen LogP contribution is 2.29. The third-order valence-corrected chi connectivity index (χ3v) is 3.80. The van der Waals surface area contributed by atoms with Gasteiger partial charge >= 0.3 is 5.97 Å². The van der Waals surface area contributed by atoms with Crippen molar-refractivity contribution in [3.8, 4) is 0 Å². The van der Waals surface area contributed by atoms with Gasteiger partial charge in [-0.3, -0.25) is 4.79 Å². The molecule has 1 aliphatic heterocycles. The quantitative estimate of drug-likeness (QED) is 0.783. The van der Waals surface area contributed by atoms with E-state index in [1.807, 2.05) is 6.92 Å². The van der Waals surface area contributed by atoms with Gasteiger partial charge in [0.05, 0.1) is 12.5 Å². The number of esters is 1. The molecule has 0 saturated carbocycles. The van der Waals surface area contributed by atoms with Crippen LogP contribution < -0.4 is 4.90 Å². The van der Waals surface area contributed by atoms with E-state index in [9.17, 15) is 4.79 Å². The second-order valence-electron chi connectivity index (χ2n) is 5.28. The third-order valence-electron chi connectivity index (χ3n) is 3.80. The van der Waals surface area contributed by atoms with Crippen LogP contribution >= 0.6 is 0 Å². The fourth-order valence-electron chi connectivity index (χ4n) is 2.94. The number of benzene rings is 1. The molecule has 2 rings (SSSR count). The van der Waals surface area contributed by atoms with E-state index < -0.39 is 0 Å². The molecule has 1 atom stereocenters. The minimum absolute atomic E-state index is 0.0210. The Morgan fingerprint density at radius 3 is 2.68 bits per heavy atom. The van der Waals surface area contributed by atoms with E-state index in [0.717, 1.165) is 25.9 Å². The van der Waals surface area contributed by atoms with Crippen molar-refractivity contribution < 1.29 is 9.53 Å². The summed E-state index contributed by atoms with van der Waals surface area (Å²) in [5.41, 5.74) is 3.85. The number of carbonyl (C=O) groups is 1. The van der Waals surface area contributed by atoms with Gasteiger partial charge in [-0.05, 0) is 44.7 Å². The van der Waals surface area contributed by atoms with Crippen LogP contribution in [0.2, 0.25) is 0 Å². The Hall–Kier alpha value is -1.51. The SMILES string of the molecule is CCOC(=O)C1CCCN(c2c(C)cccc2C)C1. The normalized spacial score (nSPS) is 19.3. The summed E-state index contributed by atoms with van der Waals surface area (Å²) in [7, 11) is 0. The summed E-state index contributed by atoms with van der Waals surface area (Å²) in [5.74, 6) is -0.0221. The number of ether oxygens (including phenoxy) is 1. The summed E-state index contributed by atoms with van der Waals surface area (Å²) >= 11 is 0. The second kappa shape index (κ2) is 6.09. The smallest absolute Gasteiger partial charge is 0.310 e. The maximum atomic E-state index is 11.9. The van der Waals surface area contributed by atoms with Gasteiger partial charge in [-0.15, -0.1) is 0 Å². The zero-order valence-electron chi connectivity index (χ0n) is 12.1. The predicted molar refractivity (Wildman–Crippen MR) is 77.5 cm³/mol. The van der Waals surface area contributed by atoms with Gasteiger partial charge in [-0.1, -0.05) is 18.2 Å². The maximum absolute atomic E-state index is 11.9. The number of piperidine rings is 1. The molecule has 19 heavy (non-hydrogen) atoms. The lowest BCUT2D eigenvalue weighted by molar-refractivity contribution is -0.148. The van der Waals surface area contributed by atoms with Crippen LogP contribution in [0.25, 0.3) is 0 Å². The monoisotopic (exact) mass is 261 g/mol. The van der Waals surface area contributed by atoms with Crippen molar-refractivity contribution in [2.24, 2.45) is 5.92 Å². The van der Waals surface area contributed by atoms with Gasteiger partial charge in [0.25, 0.3) is 0 Å². The highest BCUT2D eigenvalue weighted by molar-refractivity contribution is 5.74. The van der Waals surface area contributed by atoms with Gasteiger partial charge in [0, 0.05) is 18.8 Å². The molecule has 1 fully saturated rings. The van der Waals surface area contributed by atoms with Crippen molar-refractivity contribution in [2.75, 3.05) is 24.6 Å². The van der Waals surface area contributed by atoms with Gasteiger partial charge in [-0.2, -0.15) is 0 Å². The second-order valence-corrected chi connectivity index (χ2v) is 5.28. The van der Waals surface area contributed by atoms with Gasteiger partial charge in [0.15, 0.2) is 0 Å². The first-order valence-electron chi connectivity index (χ1n) is 7.11. The number of rotatable bonds is 3. The number of carbonyl (C=O) groups excluding carboxylic acids is 1. The average molecular weight is 261 g/mol. The van der Waals surface area contributed by atoms with Crippen molar-refractivity contribution in [1.82, 2.24) is 0 Å². The summed E-state index contributed by atoms with van der Waals surface area (Å²) in [4.78, 5) is 14.2. The summed E-state index contributed by atoms with van der Waals surface area (Å²) in [6, 6.07) is 6.35. The lowest BCUT2D eigenvalue weighted by Crippen LogP contribution is -2.40. The van der Waals surface area contributed by atoms with Crippen molar-refractivity contribution in [3.05, 3.63) is 29.3 Å². The standard InChI is InChI=1S/C16H23NO2/c1-4-19-16(18)14-9-6-10-17(11-14)15-12(2)7-5-8-13(15)3/h5,7-8,14H,4,6,9-11H2,1-3H3. The molecule has 104 valence electrons. The van der Waals surface area contributed by atoms with Crippen LogP contribution in [0, 0.1) is 19.8 Å². The number of para-hydroxylation sites is 1. The molecule has 1 unspecified atom stereocenters. The van der Waals surface area contributed by atoms with Gasteiger partial charge in [0.2, 0.25) is 0 Å². The van der Waals surface area contributed by atoms with E-state index >= 15 is 0 Å². The molecular formula is C16H23NO2. The molecule has 0 bridgehead atoms. The van der Waals surface area contributed by atoms with Gasteiger partial charge in [0.1, 0.15) is 0 Å². The Morgan fingerprint density at radius 1 is 1.37 bits per heavy atom. The van der Waals surface area contributed by atoms with Crippen LogP contribution in [0.1, 0.15) is 30.9 Å². The van der Waals surface area contributed by atoms with Crippen molar-refractivity contribution in [3.63, 3.8) is 0 Å². The van der Waals surface area contributed by atoms with Crippen LogP contribution in [-0.4, -0.2) is 25.7 Å². The van der Waals surface area contributed by atoms with Gasteiger partial charge in [-0.25, -0.2) is 0 Å². The van der Waals surface area contributed by atoms with E-state index in [2.05, 4.69) is 36.9 Å². The van der Waals surface area contributed by atoms with Crippen LogP contribution in [0.5, 0.6) is 0 Å². The third kappa shape index (κ3) is 3.09. The molecule has 0 spiro atoms. The van der Waals surface area contributed by atoms with Gasteiger partial charge < -0.3 is 9.64 Å². The molecule has 0 amide bonds. The molecule has 3 heteroatoms. The van der Waals surface area contributed by atoms with E-state index in [1.54, 1.807) is 0 Å². The molecule has 0 aromatic heterocycles. The zero-order valence-corrected chi connectivity index (χ0v) is 12.1. The van der Waals surface area contributed by atoms with E-state index in [4.69, 9.17) is 4.74 Å². The zero-order chi connectivity index (χ0) is 13.8. The number of nitrogens with zero attached hydrogens (tertiary/aromatic N) is 1.